The second-order valence-corrected chi connectivity index (χ2v) is 4.37. The molecule has 0 saturated carbocycles. The molecule has 1 aromatic carbocycles. The van der Waals surface area contributed by atoms with E-state index in [1.54, 1.807) is 0 Å². The maximum absolute atomic E-state index is 10.7. The van der Waals surface area contributed by atoms with Gasteiger partial charge in [-0.25, -0.2) is 0 Å². The van der Waals surface area contributed by atoms with E-state index in [1.807, 2.05) is 36.2 Å². The first-order valence-corrected chi connectivity index (χ1v) is 6.20. The van der Waals surface area contributed by atoms with Crippen LogP contribution in [-0.2, 0) is 11.2 Å². The van der Waals surface area contributed by atoms with E-state index in [0.29, 0.717) is 0 Å². The number of carboxylic acid groups (broad SMARTS) is 1. The summed E-state index contributed by atoms with van der Waals surface area (Å²) in [6.07, 6.45) is 2.88. The van der Waals surface area contributed by atoms with Gasteiger partial charge in [0.2, 0.25) is 0 Å². The van der Waals surface area contributed by atoms with Crippen molar-refractivity contribution in [1.82, 2.24) is 9.88 Å². The molecule has 2 N–H and O–H groups in total. The van der Waals surface area contributed by atoms with E-state index >= 15 is 0 Å². The molecule has 4 nitrogen and oxygen atoms in total. The quantitative estimate of drug-likeness (QED) is 0.820. The first-order valence-electron chi connectivity index (χ1n) is 6.20. The van der Waals surface area contributed by atoms with Crippen LogP contribution in [0.5, 0.6) is 0 Å². The van der Waals surface area contributed by atoms with Crippen LogP contribution in [0.1, 0.15) is 12.5 Å². The minimum Gasteiger partial charge on any atom is -0.480 e. The van der Waals surface area contributed by atoms with Crippen LogP contribution in [0.15, 0.2) is 30.5 Å². The van der Waals surface area contributed by atoms with Crippen molar-refractivity contribution in [1.29, 1.82) is 0 Å². The summed E-state index contributed by atoms with van der Waals surface area (Å²) in [6.45, 7) is 3.62. The lowest BCUT2D eigenvalue weighted by Gasteiger charge is -2.17. The molecule has 0 fully saturated rings. The van der Waals surface area contributed by atoms with E-state index < -0.39 is 5.97 Å². The van der Waals surface area contributed by atoms with Gasteiger partial charge in [-0.2, -0.15) is 0 Å². The van der Waals surface area contributed by atoms with Gasteiger partial charge in [-0.1, -0.05) is 25.1 Å². The van der Waals surface area contributed by atoms with Gasteiger partial charge in [0, 0.05) is 23.6 Å². The van der Waals surface area contributed by atoms with Crippen LogP contribution in [0.4, 0.5) is 0 Å². The summed E-state index contributed by atoms with van der Waals surface area (Å²) in [6, 6.07) is 8.17. The Hall–Kier alpha value is -1.81. The van der Waals surface area contributed by atoms with E-state index in [0.717, 1.165) is 25.0 Å². The number of rotatable bonds is 6. The summed E-state index contributed by atoms with van der Waals surface area (Å²) in [5.74, 6) is -0.768. The third kappa shape index (κ3) is 2.90. The highest BCUT2D eigenvalue weighted by molar-refractivity contribution is 5.83. The van der Waals surface area contributed by atoms with E-state index in [9.17, 15) is 4.79 Å². The van der Waals surface area contributed by atoms with Crippen molar-refractivity contribution in [2.24, 2.45) is 0 Å². The lowest BCUT2D eigenvalue weighted by molar-refractivity contribution is -0.138. The number of carboxylic acids is 1. The van der Waals surface area contributed by atoms with Crippen LogP contribution in [-0.4, -0.2) is 40.6 Å². The molecule has 96 valence electrons. The fourth-order valence-electron chi connectivity index (χ4n) is 2.16. The Morgan fingerprint density at radius 1 is 1.39 bits per heavy atom. The lowest BCUT2D eigenvalue weighted by Crippen LogP contribution is -2.31. The number of hydrogen-bond acceptors (Lipinski definition) is 2. The Morgan fingerprint density at radius 2 is 2.17 bits per heavy atom. The number of aliphatic carboxylic acids is 1. The van der Waals surface area contributed by atoms with Crippen molar-refractivity contribution in [2.75, 3.05) is 19.6 Å². The molecule has 4 heteroatoms. The third-order valence-corrected chi connectivity index (χ3v) is 3.18. The standard InChI is InChI=1S/C14H18N2O2/c1-2-16(10-14(17)18)8-7-11-9-15-13-6-4-3-5-12(11)13/h3-6,9,15H,2,7-8,10H2,1H3,(H,17,18). The van der Waals surface area contributed by atoms with Crippen LogP contribution in [0, 0.1) is 0 Å². The number of nitrogens with one attached hydrogen (secondary N) is 1. The van der Waals surface area contributed by atoms with E-state index in [-0.39, 0.29) is 6.54 Å². The fourth-order valence-corrected chi connectivity index (χ4v) is 2.16. The van der Waals surface area contributed by atoms with Crippen molar-refractivity contribution in [3.05, 3.63) is 36.0 Å². The molecule has 1 aromatic heterocycles. The minimum absolute atomic E-state index is 0.110. The number of para-hydroxylation sites is 1. The Bertz CT molecular complexity index is 533. The molecule has 2 rings (SSSR count). The number of aromatic nitrogens is 1. The molecule has 0 aliphatic rings. The first kappa shape index (κ1) is 12.6. The van der Waals surface area contributed by atoms with Crippen molar-refractivity contribution in [2.45, 2.75) is 13.3 Å². The van der Waals surface area contributed by atoms with Crippen LogP contribution < -0.4 is 0 Å². The predicted molar refractivity (Wildman–Crippen MR) is 71.8 cm³/mol. The number of aromatic amines is 1. The van der Waals surface area contributed by atoms with Crippen molar-refractivity contribution in [3.8, 4) is 0 Å². The van der Waals surface area contributed by atoms with Crippen molar-refractivity contribution in [3.63, 3.8) is 0 Å². The molecular weight excluding hydrogens is 228 g/mol. The fraction of sp³-hybridized carbons (Fsp3) is 0.357. The predicted octanol–water partition coefficient (Wildman–Crippen LogP) is 2.12. The molecule has 0 spiro atoms. The Morgan fingerprint density at radius 3 is 2.89 bits per heavy atom. The summed E-state index contributed by atoms with van der Waals surface area (Å²) in [7, 11) is 0. The van der Waals surface area contributed by atoms with E-state index in [2.05, 4.69) is 11.1 Å². The average Bonchev–Trinajstić information content (AvgIpc) is 2.77. The van der Waals surface area contributed by atoms with Gasteiger partial charge >= 0.3 is 5.97 Å². The summed E-state index contributed by atoms with van der Waals surface area (Å²) in [5, 5.41) is 10.0. The van der Waals surface area contributed by atoms with Gasteiger partial charge in [0.25, 0.3) is 0 Å². The second-order valence-electron chi connectivity index (χ2n) is 4.37. The van der Waals surface area contributed by atoms with Crippen LogP contribution in [0.25, 0.3) is 10.9 Å². The topological polar surface area (TPSA) is 56.3 Å². The molecular formula is C14H18N2O2. The molecule has 0 atom stereocenters. The van der Waals surface area contributed by atoms with Gasteiger partial charge in [0.15, 0.2) is 0 Å². The summed E-state index contributed by atoms with van der Waals surface area (Å²) >= 11 is 0. The van der Waals surface area contributed by atoms with Gasteiger partial charge in [0.05, 0.1) is 6.54 Å². The lowest BCUT2D eigenvalue weighted by atomic mass is 10.1. The normalized spacial score (nSPS) is 11.2. The largest absolute Gasteiger partial charge is 0.480 e. The molecule has 18 heavy (non-hydrogen) atoms. The van der Waals surface area contributed by atoms with Gasteiger partial charge in [-0.15, -0.1) is 0 Å². The Labute approximate surface area is 106 Å². The van der Waals surface area contributed by atoms with Gasteiger partial charge in [-0.3, -0.25) is 9.69 Å². The maximum atomic E-state index is 10.7. The Balaban J connectivity index is 2.03. The van der Waals surface area contributed by atoms with Gasteiger partial charge in [0.1, 0.15) is 0 Å². The number of benzene rings is 1. The smallest absolute Gasteiger partial charge is 0.317 e. The molecule has 1 heterocycles. The number of fused-ring (bicyclic) bond motifs is 1. The van der Waals surface area contributed by atoms with Crippen LogP contribution in [0.3, 0.4) is 0 Å². The van der Waals surface area contributed by atoms with Crippen LogP contribution in [0.2, 0.25) is 0 Å². The molecule has 0 bridgehead atoms. The number of carbonyl (C=O) groups is 1. The first-order chi connectivity index (χ1) is 8.70. The minimum atomic E-state index is -0.768. The Kier molecular flexibility index (Phi) is 3.99. The molecule has 0 radical (unpaired) electrons. The molecule has 0 aliphatic carbocycles. The summed E-state index contributed by atoms with van der Waals surface area (Å²) < 4.78 is 0. The highest BCUT2D eigenvalue weighted by Crippen LogP contribution is 2.18. The number of likely N-dealkylation sites (N-methyl/N-ethyl adjacent to an activating group) is 1. The number of nitrogens with zero attached hydrogens (tertiary/aromatic N) is 1. The zero-order valence-corrected chi connectivity index (χ0v) is 10.5. The second kappa shape index (κ2) is 5.69. The van der Waals surface area contributed by atoms with Gasteiger partial charge in [-0.05, 0) is 24.6 Å². The number of H-pyrrole nitrogens is 1. The molecule has 2 aromatic rings. The average molecular weight is 246 g/mol. The summed E-state index contributed by atoms with van der Waals surface area (Å²) in [4.78, 5) is 15.9. The van der Waals surface area contributed by atoms with E-state index in [1.165, 1.54) is 10.9 Å². The molecule has 0 unspecified atom stereocenters. The van der Waals surface area contributed by atoms with Crippen LogP contribution >= 0.6 is 0 Å². The molecule has 0 aliphatic heterocycles. The zero-order valence-electron chi connectivity index (χ0n) is 10.5. The van der Waals surface area contributed by atoms with Gasteiger partial charge < -0.3 is 10.1 Å². The van der Waals surface area contributed by atoms with Crippen molar-refractivity contribution < 1.29 is 9.90 Å². The maximum Gasteiger partial charge on any atom is 0.317 e. The highest BCUT2D eigenvalue weighted by atomic mass is 16.4. The monoisotopic (exact) mass is 246 g/mol. The molecule has 0 amide bonds. The number of hydrogen-bond donors (Lipinski definition) is 2. The van der Waals surface area contributed by atoms with E-state index in [4.69, 9.17) is 5.11 Å². The highest BCUT2D eigenvalue weighted by Gasteiger charge is 2.09. The van der Waals surface area contributed by atoms with Crippen molar-refractivity contribution >= 4 is 16.9 Å². The SMILES string of the molecule is CCN(CCc1c[nH]c2ccccc12)CC(=O)O. The molecule has 0 saturated heterocycles. The third-order valence-electron chi connectivity index (χ3n) is 3.18. The summed E-state index contributed by atoms with van der Waals surface area (Å²) in [5.41, 5.74) is 2.38. The zero-order chi connectivity index (χ0) is 13.0.